The van der Waals surface area contributed by atoms with E-state index in [2.05, 4.69) is 4.99 Å². The van der Waals surface area contributed by atoms with Gasteiger partial charge in [-0.3, -0.25) is 0 Å². The Bertz CT molecular complexity index is 233. The summed E-state index contributed by atoms with van der Waals surface area (Å²) in [6, 6.07) is 0. The Labute approximate surface area is 80.2 Å². The standard InChI is InChI=1S/C9H12F3NO/c10-9(11,12)8-3-1-2-7(4-8)5-13-6-14/h7-8H,1-5H2. The average Bonchev–Trinajstić information content (AvgIpc) is 2.14. The van der Waals surface area contributed by atoms with Crippen molar-refractivity contribution in [2.24, 2.45) is 16.8 Å². The van der Waals surface area contributed by atoms with Crippen LogP contribution in [0, 0.1) is 11.8 Å². The molecule has 0 spiro atoms. The molecule has 1 saturated carbocycles. The van der Waals surface area contributed by atoms with Gasteiger partial charge in [-0.2, -0.15) is 13.2 Å². The van der Waals surface area contributed by atoms with Gasteiger partial charge in [-0.25, -0.2) is 9.79 Å². The summed E-state index contributed by atoms with van der Waals surface area (Å²) in [7, 11) is 0. The summed E-state index contributed by atoms with van der Waals surface area (Å²) in [4.78, 5) is 13.2. The predicted molar refractivity (Wildman–Crippen MR) is 44.5 cm³/mol. The molecule has 0 heterocycles. The maximum Gasteiger partial charge on any atom is 0.391 e. The minimum atomic E-state index is -4.09. The van der Waals surface area contributed by atoms with Crippen LogP contribution in [-0.2, 0) is 4.79 Å². The lowest BCUT2D eigenvalue weighted by molar-refractivity contribution is -0.185. The number of hydrogen-bond donors (Lipinski definition) is 0. The summed E-state index contributed by atoms with van der Waals surface area (Å²) in [5.74, 6) is -1.31. The second-order valence-corrected chi connectivity index (χ2v) is 3.70. The topological polar surface area (TPSA) is 29.4 Å². The molecule has 14 heavy (non-hydrogen) atoms. The Morgan fingerprint density at radius 2 is 2.07 bits per heavy atom. The van der Waals surface area contributed by atoms with E-state index >= 15 is 0 Å². The van der Waals surface area contributed by atoms with E-state index in [1.807, 2.05) is 0 Å². The molecule has 0 radical (unpaired) electrons. The Hall–Kier alpha value is -0.830. The third kappa shape index (κ3) is 3.14. The van der Waals surface area contributed by atoms with Crippen molar-refractivity contribution in [3.8, 4) is 0 Å². The van der Waals surface area contributed by atoms with Gasteiger partial charge in [0, 0.05) is 0 Å². The van der Waals surface area contributed by atoms with E-state index in [1.54, 1.807) is 0 Å². The summed E-state index contributed by atoms with van der Waals surface area (Å²) in [5.41, 5.74) is 0. The smallest absolute Gasteiger partial charge is 0.211 e. The molecular formula is C9H12F3NO. The van der Waals surface area contributed by atoms with E-state index in [9.17, 15) is 18.0 Å². The molecule has 0 N–H and O–H groups in total. The van der Waals surface area contributed by atoms with E-state index in [1.165, 1.54) is 6.08 Å². The molecule has 0 bridgehead atoms. The number of hydrogen-bond acceptors (Lipinski definition) is 2. The van der Waals surface area contributed by atoms with Gasteiger partial charge in [-0.05, 0) is 25.2 Å². The Morgan fingerprint density at radius 1 is 1.36 bits per heavy atom. The predicted octanol–water partition coefficient (Wildman–Crippen LogP) is 2.69. The number of carbonyl (C=O) groups excluding carboxylic acids is 1. The molecule has 2 nitrogen and oxygen atoms in total. The summed E-state index contributed by atoms with van der Waals surface area (Å²) in [6.07, 6.45) is -1.11. The summed E-state index contributed by atoms with van der Waals surface area (Å²) >= 11 is 0. The van der Waals surface area contributed by atoms with Crippen LogP contribution in [0.25, 0.3) is 0 Å². The van der Waals surface area contributed by atoms with Crippen molar-refractivity contribution in [3.05, 3.63) is 0 Å². The van der Waals surface area contributed by atoms with E-state index in [-0.39, 0.29) is 25.3 Å². The number of alkyl halides is 3. The molecule has 1 aliphatic carbocycles. The van der Waals surface area contributed by atoms with E-state index < -0.39 is 12.1 Å². The van der Waals surface area contributed by atoms with Crippen LogP contribution >= 0.6 is 0 Å². The van der Waals surface area contributed by atoms with Crippen LogP contribution in [0.1, 0.15) is 25.7 Å². The monoisotopic (exact) mass is 207 g/mol. The van der Waals surface area contributed by atoms with Crippen LogP contribution in [-0.4, -0.2) is 18.8 Å². The highest BCUT2D eigenvalue weighted by Gasteiger charge is 2.41. The Balaban J connectivity index is 2.47. The van der Waals surface area contributed by atoms with Crippen LogP contribution in [0.3, 0.4) is 0 Å². The first kappa shape index (κ1) is 11.2. The minimum absolute atomic E-state index is 0.100. The minimum Gasteiger partial charge on any atom is -0.211 e. The van der Waals surface area contributed by atoms with Crippen LogP contribution in [0.5, 0.6) is 0 Å². The van der Waals surface area contributed by atoms with Crippen molar-refractivity contribution < 1.29 is 18.0 Å². The van der Waals surface area contributed by atoms with Gasteiger partial charge in [0.05, 0.1) is 12.5 Å². The first-order valence-corrected chi connectivity index (χ1v) is 4.64. The fourth-order valence-electron chi connectivity index (χ4n) is 1.92. The highest BCUT2D eigenvalue weighted by Crippen LogP contribution is 2.39. The Morgan fingerprint density at radius 3 is 2.64 bits per heavy atom. The fourth-order valence-corrected chi connectivity index (χ4v) is 1.92. The second kappa shape index (κ2) is 4.60. The molecule has 1 fully saturated rings. The van der Waals surface area contributed by atoms with Gasteiger partial charge < -0.3 is 0 Å². The van der Waals surface area contributed by atoms with Crippen molar-refractivity contribution in [3.63, 3.8) is 0 Å². The lowest BCUT2D eigenvalue weighted by atomic mass is 9.81. The number of rotatable bonds is 2. The molecule has 0 amide bonds. The summed E-state index contributed by atoms with van der Waals surface area (Å²) in [5, 5.41) is 0. The number of halogens is 3. The zero-order valence-electron chi connectivity index (χ0n) is 7.68. The molecule has 2 unspecified atom stereocenters. The number of nitrogens with zero attached hydrogens (tertiary/aromatic N) is 1. The van der Waals surface area contributed by atoms with Crippen molar-refractivity contribution in [2.75, 3.05) is 6.54 Å². The molecule has 1 aliphatic rings. The molecular weight excluding hydrogens is 195 g/mol. The number of isocyanates is 1. The lowest BCUT2D eigenvalue weighted by Crippen LogP contribution is -2.29. The average molecular weight is 207 g/mol. The van der Waals surface area contributed by atoms with Gasteiger partial charge in [0.15, 0.2) is 0 Å². The van der Waals surface area contributed by atoms with Gasteiger partial charge in [0.2, 0.25) is 6.08 Å². The molecule has 0 aromatic carbocycles. The molecule has 0 saturated heterocycles. The molecule has 5 heteroatoms. The van der Waals surface area contributed by atoms with E-state index in [0.717, 1.165) is 6.42 Å². The molecule has 0 aromatic heterocycles. The first-order valence-electron chi connectivity index (χ1n) is 4.64. The van der Waals surface area contributed by atoms with Gasteiger partial charge in [-0.15, -0.1) is 0 Å². The zero-order chi connectivity index (χ0) is 10.6. The normalized spacial score (nSPS) is 28.2. The van der Waals surface area contributed by atoms with Crippen LogP contribution in [0.2, 0.25) is 0 Å². The van der Waals surface area contributed by atoms with Crippen LogP contribution < -0.4 is 0 Å². The third-order valence-electron chi connectivity index (χ3n) is 2.66. The van der Waals surface area contributed by atoms with Gasteiger partial charge in [0.1, 0.15) is 0 Å². The van der Waals surface area contributed by atoms with Gasteiger partial charge in [0.25, 0.3) is 0 Å². The highest BCUT2D eigenvalue weighted by molar-refractivity contribution is 5.32. The van der Waals surface area contributed by atoms with E-state index in [4.69, 9.17) is 0 Å². The molecule has 80 valence electrons. The van der Waals surface area contributed by atoms with Crippen LogP contribution in [0.4, 0.5) is 13.2 Å². The highest BCUT2D eigenvalue weighted by atomic mass is 19.4. The van der Waals surface area contributed by atoms with Crippen molar-refractivity contribution >= 4 is 6.08 Å². The quantitative estimate of drug-likeness (QED) is 0.505. The summed E-state index contributed by atoms with van der Waals surface area (Å²) in [6.45, 7) is 0.191. The van der Waals surface area contributed by atoms with Crippen molar-refractivity contribution in [1.82, 2.24) is 0 Å². The fraction of sp³-hybridized carbons (Fsp3) is 0.889. The van der Waals surface area contributed by atoms with E-state index in [0.29, 0.717) is 6.42 Å². The lowest BCUT2D eigenvalue weighted by Gasteiger charge is -2.29. The summed E-state index contributed by atoms with van der Waals surface area (Å²) < 4.78 is 37.0. The maximum atomic E-state index is 12.3. The van der Waals surface area contributed by atoms with Gasteiger partial charge >= 0.3 is 6.18 Å². The third-order valence-corrected chi connectivity index (χ3v) is 2.66. The largest absolute Gasteiger partial charge is 0.391 e. The SMILES string of the molecule is O=C=NCC1CCCC(C(F)(F)F)C1. The number of aliphatic imine (C=N–C) groups is 1. The molecule has 2 atom stereocenters. The Kier molecular flexibility index (Phi) is 3.69. The van der Waals surface area contributed by atoms with Gasteiger partial charge in [-0.1, -0.05) is 6.42 Å². The molecule has 0 aliphatic heterocycles. The molecule has 0 aromatic rings. The zero-order valence-corrected chi connectivity index (χ0v) is 7.68. The second-order valence-electron chi connectivity index (χ2n) is 3.70. The maximum absolute atomic E-state index is 12.3. The van der Waals surface area contributed by atoms with Crippen molar-refractivity contribution in [1.29, 1.82) is 0 Å². The van der Waals surface area contributed by atoms with Crippen LogP contribution in [0.15, 0.2) is 4.99 Å². The first-order chi connectivity index (χ1) is 6.54. The van der Waals surface area contributed by atoms with Crippen molar-refractivity contribution in [2.45, 2.75) is 31.9 Å². The molecule has 1 rings (SSSR count).